The van der Waals surface area contributed by atoms with Crippen molar-refractivity contribution in [1.82, 2.24) is 25.5 Å². The number of aromatic nitrogens is 2. The third-order valence-electron chi connectivity index (χ3n) is 6.34. The van der Waals surface area contributed by atoms with Crippen LogP contribution in [0.4, 0.5) is 0 Å². The van der Waals surface area contributed by atoms with E-state index in [1.807, 2.05) is 18.2 Å². The van der Waals surface area contributed by atoms with Crippen molar-refractivity contribution >= 4 is 58.1 Å². The summed E-state index contributed by atoms with van der Waals surface area (Å²) in [6, 6.07) is 7.08. The number of amides is 2. The Morgan fingerprint density at radius 2 is 1.88 bits per heavy atom. The number of H-pyrrole nitrogens is 1. The van der Waals surface area contributed by atoms with Crippen molar-refractivity contribution in [1.29, 1.82) is 0 Å². The Bertz CT molecular complexity index is 1180. The largest absolute Gasteiger partial charge is 0.351 e. The van der Waals surface area contributed by atoms with Gasteiger partial charge in [0.15, 0.2) is 5.01 Å². The second-order valence-corrected chi connectivity index (χ2v) is 10.3. The Morgan fingerprint density at radius 1 is 1.15 bits per heavy atom. The first kappa shape index (κ1) is 24.0. The predicted octanol–water partition coefficient (Wildman–Crippen LogP) is 4.16. The highest BCUT2D eigenvalue weighted by Gasteiger charge is 2.30. The molecule has 2 aliphatic rings. The molecule has 3 N–H and O–H groups in total. The first-order chi connectivity index (χ1) is 15.5. The van der Waals surface area contributed by atoms with Crippen molar-refractivity contribution in [2.24, 2.45) is 0 Å². The van der Waals surface area contributed by atoms with Gasteiger partial charge in [0.05, 0.1) is 5.69 Å². The van der Waals surface area contributed by atoms with Crippen LogP contribution in [0.25, 0.3) is 10.9 Å². The van der Waals surface area contributed by atoms with Crippen molar-refractivity contribution < 1.29 is 9.59 Å². The van der Waals surface area contributed by atoms with Crippen molar-refractivity contribution in [3.63, 3.8) is 0 Å². The van der Waals surface area contributed by atoms with Crippen LogP contribution in [0.15, 0.2) is 24.3 Å². The van der Waals surface area contributed by atoms with Crippen LogP contribution in [0.1, 0.15) is 56.5 Å². The highest BCUT2D eigenvalue weighted by molar-refractivity contribution is 7.13. The fraction of sp³-hybridized carbons (Fsp3) is 0.435. The van der Waals surface area contributed by atoms with Crippen molar-refractivity contribution in [2.45, 2.75) is 50.7 Å². The minimum atomic E-state index is -0.170. The standard InChI is InChI=1S/C23H26ClN5O2S.ClH/c1-29-9-8-18-20(12-29)32-23(28-18)22(31)27-17-5-3-2-4-16(17)26-21(30)19-11-13-10-14(24)6-7-15(13)25-19;/h6-7,10-11,16-17,25H,2-5,8-9,12H2,1H3,(H,26,30)(H,27,31);1H/t16-,17+;/m0./s1. The second-order valence-electron chi connectivity index (χ2n) is 8.74. The summed E-state index contributed by atoms with van der Waals surface area (Å²) in [5.74, 6) is -0.310. The van der Waals surface area contributed by atoms with Crippen LogP contribution in [-0.2, 0) is 13.0 Å². The molecular weight excluding hydrogens is 481 g/mol. The van der Waals surface area contributed by atoms with Crippen LogP contribution in [0.3, 0.4) is 0 Å². The number of halogens is 2. The molecule has 1 aromatic carbocycles. The number of hydrogen-bond donors (Lipinski definition) is 3. The lowest BCUT2D eigenvalue weighted by Gasteiger charge is -2.32. The molecule has 33 heavy (non-hydrogen) atoms. The van der Waals surface area contributed by atoms with Gasteiger partial charge >= 0.3 is 0 Å². The first-order valence-electron chi connectivity index (χ1n) is 11.0. The maximum Gasteiger partial charge on any atom is 0.280 e. The van der Waals surface area contributed by atoms with E-state index in [4.69, 9.17) is 11.6 Å². The molecule has 1 aliphatic heterocycles. The molecule has 2 amide bonds. The third kappa shape index (κ3) is 5.19. The molecular formula is C23H27Cl2N5O2S. The van der Waals surface area contributed by atoms with E-state index in [0.717, 1.165) is 61.8 Å². The summed E-state index contributed by atoms with van der Waals surface area (Å²) in [6.07, 6.45) is 4.61. The number of carbonyl (C=O) groups is 2. The number of fused-ring (bicyclic) bond motifs is 2. The Balaban J connectivity index is 0.00000259. The summed E-state index contributed by atoms with van der Waals surface area (Å²) in [5.41, 5.74) is 2.41. The van der Waals surface area contributed by atoms with Gasteiger partial charge in [0, 0.05) is 52.4 Å². The predicted molar refractivity (Wildman–Crippen MR) is 134 cm³/mol. The summed E-state index contributed by atoms with van der Waals surface area (Å²) in [5, 5.41) is 8.33. The summed E-state index contributed by atoms with van der Waals surface area (Å²) in [6.45, 7) is 1.81. The summed E-state index contributed by atoms with van der Waals surface area (Å²) in [7, 11) is 2.08. The summed E-state index contributed by atoms with van der Waals surface area (Å²) >= 11 is 7.54. The minimum absolute atomic E-state index is 0. The molecule has 0 saturated heterocycles. The van der Waals surface area contributed by atoms with Crippen LogP contribution in [0, 0.1) is 0 Å². The van der Waals surface area contributed by atoms with E-state index >= 15 is 0 Å². The molecule has 5 rings (SSSR count). The number of hydrogen-bond acceptors (Lipinski definition) is 5. The molecule has 0 bridgehead atoms. The minimum Gasteiger partial charge on any atom is -0.351 e. The topological polar surface area (TPSA) is 90.1 Å². The van der Waals surface area contributed by atoms with Gasteiger partial charge in [-0.3, -0.25) is 9.59 Å². The average molecular weight is 508 g/mol. The van der Waals surface area contributed by atoms with Gasteiger partial charge in [-0.25, -0.2) is 4.98 Å². The molecule has 1 fully saturated rings. The fourth-order valence-electron chi connectivity index (χ4n) is 4.60. The van der Waals surface area contributed by atoms with Crippen LogP contribution in [0.5, 0.6) is 0 Å². The Labute approximate surface area is 207 Å². The van der Waals surface area contributed by atoms with Crippen LogP contribution in [0.2, 0.25) is 5.02 Å². The highest BCUT2D eigenvalue weighted by atomic mass is 35.5. The van der Waals surface area contributed by atoms with Gasteiger partial charge in [-0.1, -0.05) is 24.4 Å². The number of nitrogens with one attached hydrogen (secondary N) is 3. The summed E-state index contributed by atoms with van der Waals surface area (Å²) < 4.78 is 0. The number of aromatic amines is 1. The van der Waals surface area contributed by atoms with Crippen LogP contribution < -0.4 is 10.6 Å². The highest BCUT2D eigenvalue weighted by Crippen LogP contribution is 2.26. The zero-order chi connectivity index (χ0) is 22.2. The molecule has 3 aromatic rings. The lowest BCUT2D eigenvalue weighted by molar-refractivity contribution is 0.0860. The number of benzene rings is 1. The Kier molecular flexibility index (Phi) is 7.28. The van der Waals surface area contributed by atoms with Gasteiger partial charge in [0.1, 0.15) is 5.69 Å². The number of rotatable bonds is 4. The Hall–Kier alpha value is -2.13. The van der Waals surface area contributed by atoms with Gasteiger partial charge in [0.25, 0.3) is 11.8 Å². The lowest BCUT2D eigenvalue weighted by atomic mass is 9.90. The molecule has 2 atom stereocenters. The van der Waals surface area contributed by atoms with Crippen molar-refractivity contribution in [2.75, 3.05) is 13.6 Å². The average Bonchev–Trinajstić information content (AvgIpc) is 3.38. The first-order valence-corrected chi connectivity index (χ1v) is 12.2. The quantitative estimate of drug-likeness (QED) is 0.494. The molecule has 0 spiro atoms. The van der Waals surface area contributed by atoms with E-state index in [1.54, 1.807) is 6.07 Å². The molecule has 2 aromatic heterocycles. The normalized spacial score (nSPS) is 20.7. The monoisotopic (exact) mass is 507 g/mol. The maximum atomic E-state index is 13.0. The van der Waals surface area contributed by atoms with Gasteiger partial charge in [0.2, 0.25) is 0 Å². The Morgan fingerprint density at radius 3 is 2.64 bits per heavy atom. The van der Waals surface area contributed by atoms with Gasteiger partial charge in [-0.05, 0) is 44.2 Å². The maximum absolute atomic E-state index is 13.0. The third-order valence-corrected chi connectivity index (χ3v) is 7.66. The van der Waals surface area contributed by atoms with E-state index < -0.39 is 0 Å². The zero-order valence-corrected chi connectivity index (χ0v) is 20.7. The van der Waals surface area contributed by atoms with Crippen molar-refractivity contribution in [3.8, 4) is 0 Å². The fourth-order valence-corrected chi connectivity index (χ4v) is 5.87. The van der Waals surface area contributed by atoms with Gasteiger partial charge in [-0.15, -0.1) is 23.7 Å². The van der Waals surface area contributed by atoms with Crippen molar-refractivity contribution in [3.05, 3.63) is 50.6 Å². The summed E-state index contributed by atoms with van der Waals surface area (Å²) in [4.78, 5) is 37.1. The smallest absolute Gasteiger partial charge is 0.280 e. The molecule has 176 valence electrons. The van der Waals surface area contributed by atoms with Crippen LogP contribution >= 0.6 is 35.3 Å². The molecule has 1 saturated carbocycles. The van der Waals surface area contributed by atoms with Crippen LogP contribution in [-0.4, -0.2) is 52.4 Å². The molecule has 7 nitrogen and oxygen atoms in total. The van der Waals surface area contributed by atoms with E-state index in [2.05, 4.69) is 32.5 Å². The van der Waals surface area contributed by atoms with E-state index in [-0.39, 0.29) is 36.3 Å². The van der Waals surface area contributed by atoms with E-state index in [0.29, 0.717) is 15.7 Å². The van der Waals surface area contributed by atoms with E-state index in [9.17, 15) is 9.59 Å². The molecule has 0 radical (unpaired) electrons. The SMILES string of the molecule is CN1CCc2nc(C(=O)N[C@@H]3CCCC[C@@H]3NC(=O)c3cc4cc(Cl)ccc4[nH]3)sc2C1.Cl. The van der Waals surface area contributed by atoms with Gasteiger partial charge < -0.3 is 20.5 Å². The second kappa shape index (κ2) is 10.0. The molecule has 1 aliphatic carbocycles. The molecule has 3 heterocycles. The van der Waals surface area contributed by atoms with E-state index in [1.165, 1.54) is 16.2 Å². The molecule has 0 unspecified atom stereocenters. The number of likely N-dealkylation sites (N-methyl/N-ethyl adjacent to an activating group) is 1. The molecule has 10 heteroatoms. The lowest BCUT2D eigenvalue weighted by Crippen LogP contribution is -2.53. The van der Waals surface area contributed by atoms with Gasteiger partial charge in [-0.2, -0.15) is 0 Å². The number of carbonyl (C=O) groups excluding carboxylic acids is 2. The zero-order valence-electron chi connectivity index (χ0n) is 18.3. The number of thiazole rings is 1. The number of nitrogens with zero attached hydrogens (tertiary/aromatic N) is 2.